The molecule has 0 radical (unpaired) electrons. The van der Waals surface area contributed by atoms with Crippen LogP contribution in [0.5, 0.6) is 0 Å². The van der Waals surface area contributed by atoms with Gasteiger partial charge in [0.2, 0.25) is 0 Å². The number of hydrogen-bond acceptors (Lipinski definition) is 4. The van der Waals surface area contributed by atoms with Crippen molar-refractivity contribution in [2.75, 3.05) is 4.72 Å². The van der Waals surface area contributed by atoms with Crippen molar-refractivity contribution in [3.63, 3.8) is 0 Å². The summed E-state index contributed by atoms with van der Waals surface area (Å²) in [5.74, 6) is -0.110. The molecule has 1 heterocycles. The van der Waals surface area contributed by atoms with Crippen LogP contribution in [0.4, 0.5) is 5.69 Å². The molecular formula is C27H26N2O4S. The lowest BCUT2D eigenvalue weighted by atomic mass is 9.98. The molecule has 0 atom stereocenters. The maximum absolute atomic E-state index is 12.9. The van der Waals surface area contributed by atoms with Crippen LogP contribution in [0.25, 0.3) is 22.2 Å². The standard InChI is InChI=1S/C27H26N2O4S/c1-4-18-7-5-10-21(13-18)29-34(32,33)22-11-12-24-23(15-22)26(30)16-25(28-24)19-8-6-9-20(14-19)27(31)17(2)3/h5-17,29H,4H2,1-3H3,(H,28,30). The van der Waals surface area contributed by atoms with Crippen molar-refractivity contribution >= 4 is 32.4 Å². The number of aromatic amines is 1. The van der Waals surface area contributed by atoms with E-state index >= 15 is 0 Å². The van der Waals surface area contributed by atoms with Crippen LogP contribution in [0.1, 0.15) is 36.7 Å². The fourth-order valence-corrected chi connectivity index (χ4v) is 4.87. The van der Waals surface area contributed by atoms with E-state index in [9.17, 15) is 18.0 Å². The van der Waals surface area contributed by atoms with Gasteiger partial charge in [0.05, 0.1) is 4.90 Å². The first kappa shape index (κ1) is 23.4. The minimum atomic E-state index is -3.87. The number of ketones is 1. The highest BCUT2D eigenvalue weighted by Crippen LogP contribution is 2.24. The Morgan fingerprint density at radius 2 is 1.74 bits per heavy atom. The molecule has 2 N–H and O–H groups in total. The van der Waals surface area contributed by atoms with E-state index in [0.29, 0.717) is 28.0 Å². The van der Waals surface area contributed by atoms with E-state index in [0.717, 1.165) is 12.0 Å². The lowest BCUT2D eigenvalue weighted by Gasteiger charge is -2.11. The van der Waals surface area contributed by atoms with Gasteiger partial charge < -0.3 is 4.98 Å². The van der Waals surface area contributed by atoms with Crippen molar-refractivity contribution in [3.8, 4) is 11.3 Å². The number of fused-ring (bicyclic) bond motifs is 1. The van der Waals surface area contributed by atoms with Crippen LogP contribution in [0.3, 0.4) is 0 Å². The number of carbonyl (C=O) groups excluding carboxylic acids is 1. The summed E-state index contributed by atoms with van der Waals surface area (Å²) in [6.07, 6.45) is 0.789. The van der Waals surface area contributed by atoms with Crippen LogP contribution < -0.4 is 10.2 Å². The number of Topliss-reactive ketones (excluding diaryl/α,β-unsaturated/α-hetero) is 1. The fraction of sp³-hybridized carbons (Fsp3) is 0.185. The highest BCUT2D eigenvalue weighted by Gasteiger charge is 2.17. The normalized spacial score (nSPS) is 11.6. The van der Waals surface area contributed by atoms with Gasteiger partial charge in [0.25, 0.3) is 10.0 Å². The van der Waals surface area contributed by atoms with Gasteiger partial charge in [0, 0.05) is 39.8 Å². The number of H-pyrrole nitrogens is 1. The molecule has 174 valence electrons. The quantitative estimate of drug-likeness (QED) is 0.351. The number of carbonyl (C=O) groups is 1. The number of aryl methyl sites for hydroxylation is 1. The van der Waals surface area contributed by atoms with E-state index in [1.165, 1.54) is 18.2 Å². The molecule has 7 heteroatoms. The van der Waals surface area contributed by atoms with Gasteiger partial charge in [-0.2, -0.15) is 0 Å². The molecule has 0 spiro atoms. The first-order valence-electron chi connectivity index (χ1n) is 11.1. The van der Waals surface area contributed by atoms with Crippen molar-refractivity contribution in [1.29, 1.82) is 0 Å². The van der Waals surface area contributed by atoms with E-state index in [1.54, 1.807) is 42.5 Å². The molecule has 0 aliphatic rings. The summed E-state index contributed by atoms with van der Waals surface area (Å²) in [4.78, 5) is 28.5. The van der Waals surface area contributed by atoms with Gasteiger partial charge in [0.1, 0.15) is 0 Å². The Hall–Kier alpha value is -3.71. The Kier molecular flexibility index (Phi) is 6.39. The second-order valence-electron chi connectivity index (χ2n) is 8.51. The Labute approximate surface area is 198 Å². The van der Waals surface area contributed by atoms with Gasteiger partial charge in [0.15, 0.2) is 11.2 Å². The first-order valence-corrected chi connectivity index (χ1v) is 12.6. The molecule has 0 amide bonds. The SMILES string of the molecule is CCc1cccc(NS(=O)(=O)c2ccc3[nH]c(-c4cccc(C(=O)C(C)C)c4)cc(=O)c3c2)c1. The van der Waals surface area contributed by atoms with E-state index in [-0.39, 0.29) is 27.4 Å². The summed E-state index contributed by atoms with van der Waals surface area (Å²) >= 11 is 0. The monoisotopic (exact) mass is 474 g/mol. The van der Waals surface area contributed by atoms with Crippen molar-refractivity contribution < 1.29 is 13.2 Å². The van der Waals surface area contributed by atoms with Crippen LogP contribution in [-0.4, -0.2) is 19.2 Å². The zero-order valence-electron chi connectivity index (χ0n) is 19.3. The van der Waals surface area contributed by atoms with E-state index in [4.69, 9.17) is 0 Å². The van der Waals surface area contributed by atoms with Crippen molar-refractivity contribution in [1.82, 2.24) is 4.98 Å². The number of benzene rings is 3. The highest BCUT2D eigenvalue weighted by molar-refractivity contribution is 7.92. The Morgan fingerprint density at radius 3 is 2.47 bits per heavy atom. The topological polar surface area (TPSA) is 96.1 Å². The molecule has 0 unspecified atom stereocenters. The third-order valence-electron chi connectivity index (χ3n) is 5.68. The van der Waals surface area contributed by atoms with Crippen LogP contribution in [-0.2, 0) is 16.4 Å². The van der Waals surface area contributed by atoms with Gasteiger partial charge in [-0.3, -0.25) is 14.3 Å². The minimum absolute atomic E-state index is 0.00433. The van der Waals surface area contributed by atoms with Crippen LogP contribution in [0, 0.1) is 5.92 Å². The molecule has 3 aromatic carbocycles. The van der Waals surface area contributed by atoms with E-state index in [1.807, 2.05) is 32.9 Å². The third kappa shape index (κ3) is 4.79. The maximum atomic E-state index is 12.9. The molecule has 4 aromatic rings. The third-order valence-corrected chi connectivity index (χ3v) is 7.06. The van der Waals surface area contributed by atoms with E-state index < -0.39 is 10.0 Å². The van der Waals surface area contributed by atoms with Gasteiger partial charge in [-0.15, -0.1) is 0 Å². The summed E-state index contributed by atoms with van der Waals surface area (Å²) in [6, 6.07) is 20.2. The molecule has 6 nitrogen and oxygen atoms in total. The molecule has 1 aromatic heterocycles. The lowest BCUT2D eigenvalue weighted by Crippen LogP contribution is -2.14. The predicted molar refractivity (Wildman–Crippen MR) is 136 cm³/mol. The van der Waals surface area contributed by atoms with Crippen molar-refractivity contribution in [3.05, 3.63) is 94.1 Å². The molecule has 34 heavy (non-hydrogen) atoms. The maximum Gasteiger partial charge on any atom is 0.261 e. The second kappa shape index (κ2) is 9.27. The van der Waals surface area contributed by atoms with Gasteiger partial charge >= 0.3 is 0 Å². The molecule has 0 fully saturated rings. The molecule has 0 bridgehead atoms. The van der Waals surface area contributed by atoms with Gasteiger partial charge in [-0.05, 0) is 53.9 Å². The number of anilines is 1. The summed E-state index contributed by atoms with van der Waals surface area (Å²) in [5, 5.41) is 0.267. The summed E-state index contributed by atoms with van der Waals surface area (Å²) in [6.45, 7) is 5.68. The van der Waals surface area contributed by atoms with Crippen molar-refractivity contribution in [2.24, 2.45) is 5.92 Å². The van der Waals surface area contributed by atoms with Crippen LogP contribution in [0.2, 0.25) is 0 Å². The molecule has 0 aliphatic carbocycles. The highest BCUT2D eigenvalue weighted by atomic mass is 32.2. The fourth-order valence-electron chi connectivity index (χ4n) is 3.79. The molecule has 0 aliphatic heterocycles. The molecule has 0 saturated heterocycles. The van der Waals surface area contributed by atoms with Gasteiger partial charge in [-0.25, -0.2) is 8.42 Å². The zero-order chi connectivity index (χ0) is 24.5. The zero-order valence-corrected chi connectivity index (χ0v) is 20.1. The average molecular weight is 475 g/mol. The smallest absolute Gasteiger partial charge is 0.261 e. The number of hydrogen-bond donors (Lipinski definition) is 2. The van der Waals surface area contributed by atoms with Gasteiger partial charge in [-0.1, -0.05) is 51.1 Å². The Bertz CT molecular complexity index is 1550. The molecule has 0 saturated carbocycles. The number of pyridine rings is 1. The minimum Gasteiger partial charge on any atom is -0.354 e. The number of sulfonamides is 1. The largest absolute Gasteiger partial charge is 0.354 e. The Balaban J connectivity index is 1.71. The summed E-state index contributed by atoms with van der Waals surface area (Å²) in [5.41, 5.74) is 3.53. The number of nitrogens with one attached hydrogen (secondary N) is 2. The van der Waals surface area contributed by atoms with Crippen LogP contribution in [0.15, 0.2) is 82.5 Å². The molecular weight excluding hydrogens is 448 g/mol. The predicted octanol–water partition coefficient (Wildman–Crippen LogP) is 5.40. The van der Waals surface area contributed by atoms with Crippen LogP contribution >= 0.6 is 0 Å². The van der Waals surface area contributed by atoms with E-state index in [2.05, 4.69) is 9.71 Å². The number of rotatable bonds is 7. The molecule has 4 rings (SSSR count). The van der Waals surface area contributed by atoms with Crippen molar-refractivity contribution in [2.45, 2.75) is 32.1 Å². The average Bonchev–Trinajstić information content (AvgIpc) is 2.83. The second-order valence-corrected chi connectivity index (χ2v) is 10.2. The number of aromatic nitrogens is 1. The summed E-state index contributed by atoms with van der Waals surface area (Å²) in [7, 11) is -3.87. The lowest BCUT2D eigenvalue weighted by molar-refractivity contribution is 0.0939. The summed E-state index contributed by atoms with van der Waals surface area (Å²) < 4.78 is 28.5. The first-order chi connectivity index (χ1) is 16.2. The Morgan fingerprint density at radius 1 is 0.971 bits per heavy atom.